The molecule has 400 valence electrons. The lowest BCUT2D eigenvalue weighted by Crippen LogP contribution is -2.62. The van der Waals surface area contributed by atoms with Gasteiger partial charge in [-0.05, 0) is 75.5 Å². The fourth-order valence-corrected chi connectivity index (χ4v) is 10.0. The molecule has 9 amide bonds. The predicted octanol–water partition coefficient (Wildman–Crippen LogP) is -4.25. The van der Waals surface area contributed by atoms with Crippen molar-refractivity contribution in [2.24, 2.45) is 44.6 Å². The van der Waals surface area contributed by atoms with Crippen LogP contribution in [0.5, 0.6) is 5.75 Å². The molecule has 0 saturated carbocycles. The Bertz CT molecular complexity index is 2120. The Balaban J connectivity index is 2.09. The molecule has 19 N–H and O–H groups in total. The van der Waals surface area contributed by atoms with E-state index in [1.165, 1.54) is 43.0 Å². The van der Waals surface area contributed by atoms with Crippen molar-refractivity contribution < 1.29 is 53.4 Å². The number of carbonyl (C=O) groups is 9. The molecule has 3 rings (SSSR count). The van der Waals surface area contributed by atoms with Crippen LogP contribution in [0, 0.1) is 5.92 Å². The normalized spacial score (nSPS) is 22.8. The highest BCUT2D eigenvalue weighted by Gasteiger charge is 2.41. The second kappa shape index (κ2) is 29.7. The number of primary amides is 1. The number of benzene rings is 1. The number of phenolic OH excluding ortho intramolecular Hbond substituents is 1. The number of fused-ring (bicyclic) bond motifs is 1. The number of nitrogens with two attached hydrogens (primary N) is 5. The molecule has 2 saturated heterocycles. The topological polar surface area (TPSA) is 436 Å². The van der Waals surface area contributed by atoms with Crippen molar-refractivity contribution in [1.29, 1.82) is 0 Å². The number of amides is 9. The summed E-state index contributed by atoms with van der Waals surface area (Å²) in [7, 11) is 2.04. The summed E-state index contributed by atoms with van der Waals surface area (Å²) in [6.45, 7) is 6.32. The third kappa shape index (κ3) is 20.3. The summed E-state index contributed by atoms with van der Waals surface area (Å²) in [6.07, 6.45) is -0.824. The number of aliphatic imine (C=N–C) groups is 2. The molecule has 1 aromatic carbocycles. The van der Waals surface area contributed by atoms with Gasteiger partial charge in [0.15, 0.2) is 11.9 Å². The highest BCUT2D eigenvalue weighted by Crippen LogP contribution is 2.25. The summed E-state index contributed by atoms with van der Waals surface area (Å²) in [5.41, 5.74) is 28.2. The smallest absolute Gasteiger partial charge is 0.245 e. The minimum Gasteiger partial charge on any atom is -0.508 e. The van der Waals surface area contributed by atoms with Gasteiger partial charge in [-0.3, -0.25) is 53.1 Å². The number of rotatable bonds is 19. The van der Waals surface area contributed by atoms with Crippen molar-refractivity contribution in [2.75, 3.05) is 31.1 Å². The molecular weight excluding hydrogens is 979 g/mol. The van der Waals surface area contributed by atoms with Gasteiger partial charge in [-0.1, -0.05) is 47.6 Å². The Kier molecular flexibility index (Phi) is 24.7. The summed E-state index contributed by atoms with van der Waals surface area (Å²) in [5.74, 6) is -8.16. The average Bonchev–Trinajstić information content (AvgIpc) is 3.80. The molecule has 1 aromatic rings. The summed E-state index contributed by atoms with van der Waals surface area (Å²) < 4.78 is 0. The van der Waals surface area contributed by atoms with E-state index in [0.29, 0.717) is 12.0 Å². The molecule has 0 aromatic heterocycles. The van der Waals surface area contributed by atoms with Crippen molar-refractivity contribution in [3.05, 3.63) is 29.8 Å². The maximum absolute atomic E-state index is 14.4. The Labute approximate surface area is 425 Å². The Morgan fingerprint density at radius 2 is 1.42 bits per heavy atom. The number of nitrogens with one attached hydrogen (secondary N) is 7. The minimum absolute atomic E-state index is 0.0109. The van der Waals surface area contributed by atoms with E-state index in [2.05, 4.69) is 47.2 Å². The average molecular weight is 1050 g/mol. The summed E-state index contributed by atoms with van der Waals surface area (Å²) in [5, 5.41) is 38.9. The fourth-order valence-electron chi connectivity index (χ4n) is 7.68. The van der Waals surface area contributed by atoms with E-state index in [9.17, 15) is 53.4 Å². The number of hydrogen-bond acceptors (Lipinski definition) is 15. The Hall–Kier alpha value is -6.55. The van der Waals surface area contributed by atoms with Crippen LogP contribution < -0.4 is 65.9 Å². The number of hydrogen-bond donors (Lipinski definition) is 14. The standard InChI is InChI=1S/C44H71N15O11S2/c1-22(2)18-30-42(70)59-17-7-10-33(59)40(68)58-34(23(3)60)41(69)54-28(9-6-16-51-44(48)49)37(65)57-32(21-72-71-20-31(38(66)56-30)52-24(4)61)39(67)53-27(8-5-15-50-43(46)47)36(64)55-29(35(45)63)19-25-11-13-26(62)14-12-25/h11-14,22-23,27-34,60,62H,5-10,15-21H2,1-4H3,(H2,45,63)(H,52,61)(H,53,67)(H,54,69)(H,55,64)(H,56,66)(H,57,65)(H,58,68)(H4,46,47,50)(H4,48,49,51)/t23-,27+,28+,29+,30+,31-,32?,33-,34+/m1/s1. The van der Waals surface area contributed by atoms with E-state index in [4.69, 9.17) is 28.7 Å². The molecule has 26 nitrogen and oxygen atoms in total. The van der Waals surface area contributed by atoms with Crippen LogP contribution in [0.25, 0.3) is 0 Å². The largest absolute Gasteiger partial charge is 0.508 e. The van der Waals surface area contributed by atoms with Crippen LogP contribution in [0.1, 0.15) is 78.2 Å². The number of phenols is 1. The molecule has 0 radical (unpaired) electrons. The molecule has 2 aliphatic heterocycles. The summed E-state index contributed by atoms with van der Waals surface area (Å²) >= 11 is 0. The lowest BCUT2D eigenvalue weighted by molar-refractivity contribution is -0.143. The SMILES string of the molecule is CC(=O)N[C@@H]1CSSCC(C(=O)N[C@@H](CCCN=C(N)N)C(=O)N[C@@H](Cc2ccc(O)cc2)C(N)=O)NC(=O)[C@H](CCCN=C(N)N)NC(=O)[C@H]([C@@H](C)O)NC(=O)[C@H]2CCCN2C(=O)[C@H](CC(C)C)NC1=O. The van der Waals surface area contributed by atoms with E-state index in [-0.39, 0.29) is 99.7 Å². The van der Waals surface area contributed by atoms with E-state index >= 15 is 0 Å². The second-order valence-corrected chi connectivity index (χ2v) is 20.4. The monoisotopic (exact) mass is 1050 g/mol. The third-order valence-electron chi connectivity index (χ3n) is 11.3. The van der Waals surface area contributed by atoms with Gasteiger partial charge in [0.05, 0.1) is 6.10 Å². The zero-order valence-corrected chi connectivity index (χ0v) is 42.5. The van der Waals surface area contributed by atoms with E-state index in [1.54, 1.807) is 0 Å². The summed E-state index contributed by atoms with van der Waals surface area (Å²) in [6, 6.07) is -4.87. The quantitative estimate of drug-likeness (QED) is 0.0270. The number of aliphatic hydroxyl groups is 1. The molecule has 1 unspecified atom stereocenters. The maximum Gasteiger partial charge on any atom is 0.245 e. The first-order chi connectivity index (χ1) is 34.0. The minimum atomic E-state index is -1.65. The van der Waals surface area contributed by atoms with Crippen molar-refractivity contribution in [1.82, 2.24) is 42.1 Å². The van der Waals surface area contributed by atoms with Crippen LogP contribution >= 0.6 is 21.6 Å². The zero-order chi connectivity index (χ0) is 53.7. The number of carbonyl (C=O) groups excluding carboxylic acids is 9. The van der Waals surface area contributed by atoms with Crippen LogP contribution in [0.3, 0.4) is 0 Å². The first kappa shape index (κ1) is 59.8. The van der Waals surface area contributed by atoms with Crippen molar-refractivity contribution in [3.63, 3.8) is 0 Å². The molecule has 9 atom stereocenters. The van der Waals surface area contributed by atoms with Gasteiger partial charge < -0.3 is 81.0 Å². The Morgan fingerprint density at radius 1 is 0.792 bits per heavy atom. The van der Waals surface area contributed by atoms with Gasteiger partial charge in [-0.2, -0.15) is 0 Å². The molecule has 72 heavy (non-hydrogen) atoms. The summed E-state index contributed by atoms with van der Waals surface area (Å²) in [4.78, 5) is 133. The maximum atomic E-state index is 14.4. The van der Waals surface area contributed by atoms with Crippen molar-refractivity contribution in [3.8, 4) is 5.75 Å². The van der Waals surface area contributed by atoms with Crippen molar-refractivity contribution >= 4 is 86.7 Å². The zero-order valence-electron chi connectivity index (χ0n) is 40.9. The fraction of sp³-hybridized carbons (Fsp3) is 0.614. The van der Waals surface area contributed by atoms with Gasteiger partial charge in [0.2, 0.25) is 53.2 Å². The number of aromatic hydroxyl groups is 1. The molecular formula is C44H71N15O11S2. The van der Waals surface area contributed by atoms with Gasteiger partial charge in [-0.25, -0.2) is 0 Å². The van der Waals surface area contributed by atoms with E-state index in [1.807, 2.05) is 13.8 Å². The number of guanidine groups is 2. The molecule has 0 aliphatic carbocycles. The first-order valence-electron chi connectivity index (χ1n) is 23.5. The van der Waals surface area contributed by atoms with Crippen LogP contribution in [-0.4, -0.2) is 166 Å². The third-order valence-corrected chi connectivity index (χ3v) is 13.7. The lowest BCUT2D eigenvalue weighted by atomic mass is 10.0. The van der Waals surface area contributed by atoms with Crippen LogP contribution in [0.2, 0.25) is 0 Å². The number of nitrogens with zero attached hydrogens (tertiary/aromatic N) is 3. The molecule has 0 spiro atoms. The van der Waals surface area contributed by atoms with Crippen LogP contribution in [0.15, 0.2) is 34.3 Å². The van der Waals surface area contributed by atoms with E-state index in [0.717, 1.165) is 21.6 Å². The van der Waals surface area contributed by atoms with Crippen LogP contribution in [0.4, 0.5) is 0 Å². The molecule has 2 fully saturated rings. The molecule has 2 aliphatic rings. The van der Waals surface area contributed by atoms with Gasteiger partial charge in [0.25, 0.3) is 0 Å². The highest BCUT2D eigenvalue weighted by molar-refractivity contribution is 8.76. The van der Waals surface area contributed by atoms with Gasteiger partial charge in [-0.15, -0.1) is 0 Å². The van der Waals surface area contributed by atoms with Gasteiger partial charge in [0, 0.05) is 44.5 Å². The number of aliphatic hydroxyl groups excluding tert-OH is 1. The van der Waals surface area contributed by atoms with E-state index < -0.39 is 108 Å². The van der Waals surface area contributed by atoms with Crippen molar-refractivity contribution in [2.45, 2.75) is 134 Å². The second-order valence-electron chi connectivity index (χ2n) is 17.8. The predicted molar refractivity (Wildman–Crippen MR) is 271 cm³/mol. The van der Waals surface area contributed by atoms with Gasteiger partial charge >= 0.3 is 0 Å². The molecule has 2 heterocycles. The first-order valence-corrected chi connectivity index (χ1v) is 26.0. The molecule has 28 heteroatoms. The molecule has 0 bridgehead atoms. The lowest BCUT2D eigenvalue weighted by Gasteiger charge is -2.32. The van der Waals surface area contributed by atoms with Gasteiger partial charge in [0.1, 0.15) is 54.1 Å². The Morgan fingerprint density at radius 3 is 2.01 bits per heavy atom. The highest BCUT2D eigenvalue weighted by atomic mass is 33.1. The van der Waals surface area contributed by atoms with Crippen LogP contribution in [-0.2, 0) is 49.6 Å².